The number of aromatic nitrogens is 3. The summed E-state index contributed by atoms with van der Waals surface area (Å²) < 4.78 is 4.51. The largest absolute Gasteiger partial charge is 0.318 e. The Morgan fingerprint density at radius 1 is 1.15 bits per heavy atom. The van der Waals surface area contributed by atoms with E-state index in [4.69, 9.17) is 0 Å². The van der Waals surface area contributed by atoms with Gasteiger partial charge in [0.15, 0.2) is 0 Å². The fourth-order valence-corrected chi connectivity index (χ4v) is 3.74. The molecular weight excluding hydrogens is 350 g/mol. The SMILES string of the molecule is Cn1/c(=N\NC(=O)Cn2ncc(=O)c3ccccc32)sc2ccccc21. The fraction of sp³-hybridized carbons (Fsp3) is 0.111. The quantitative estimate of drug-likeness (QED) is 0.560. The number of nitrogens with zero attached hydrogens (tertiary/aromatic N) is 4. The van der Waals surface area contributed by atoms with Crippen LogP contribution in [0, 0.1) is 0 Å². The van der Waals surface area contributed by atoms with Crippen LogP contribution in [-0.2, 0) is 18.4 Å². The molecule has 0 aliphatic carbocycles. The second-order valence-corrected chi connectivity index (χ2v) is 6.75. The molecule has 0 spiro atoms. The average Bonchev–Trinajstić information content (AvgIpc) is 2.99. The van der Waals surface area contributed by atoms with Crippen molar-refractivity contribution in [1.29, 1.82) is 0 Å². The van der Waals surface area contributed by atoms with Crippen molar-refractivity contribution in [2.75, 3.05) is 0 Å². The number of rotatable bonds is 3. The zero-order valence-electron chi connectivity index (χ0n) is 13.9. The molecule has 0 fully saturated rings. The van der Waals surface area contributed by atoms with Gasteiger partial charge < -0.3 is 4.57 Å². The molecule has 26 heavy (non-hydrogen) atoms. The highest BCUT2D eigenvalue weighted by Gasteiger charge is 2.08. The Morgan fingerprint density at radius 2 is 1.88 bits per heavy atom. The van der Waals surface area contributed by atoms with Crippen molar-refractivity contribution in [3.05, 3.63) is 69.8 Å². The molecule has 8 heteroatoms. The van der Waals surface area contributed by atoms with E-state index in [2.05, 4.69) is 15.6 Å². The molecule has 0 aliphatic heterocycles. The summed E-state index contributed by atoms with van der Waals surface area (Å²) in [6, 6.07) is 15.0. The lowest BCUT2D eigenvalue weighted by Crippen LogP contribution is -2.28. The van der Waals surface area contributed by atoms with Gasteiger partial charge in [-0.3, -0.25) is 14.3 Å². The normalized spacial score (nSPS) is 12.0. The molecule has 0 unspecified atom stereocenters. The molecular formula is C18H15N5O2S. The number of nitrogens with one attached hydrogen (secondary N) is 1. The summed E-state index contributed by atoms with van der Waals surface area (Å²) in [5, 5.41) is 8.80. The van der Waals surface area contributed by atoms with Crippen molar-refractivity contribution in [2.24, 2.45) is 12.1 Å². The van der Waals surface area contributed by atoms with Crippen molar-refractivity contribution in [3.8, 4) is 0 Å². The molecule has 1 N–H and O–H groups in total. The van der Waals surface area contributed by atoms with Gasteiger partial charge >= 0.3 is 0 Å². The van der Waals surface area contributed by atoms with E-state index in [-0.39, 0.29) is 17.9 Å². The van der Waals surface area contributed by atoms with Crippen LogP contribution in [0.5, 0.6) is 0 Å². The number of carbonyl (C=O) groups is 1. The molecule has 130 valence electrons. The number of benzene rings is 2. The first-order valence-electron chi connectivity index (χ1n) is 7.95. The molecule has 0 aliphatic rings. The Bertz CT molecular complexity index is 1250. The van der Waals surface area contributed by atoms with E-state index in [1.807, 2.05) is 35.9 Å². The van der Waals surface area contributed by atoms with Crippen LogP contribution in [0.1, 0.15) is 0 Å². The molecule has 7 nitrogen and oxygen atoms in total. The lowest BCUT2D eigenvalue weighted by Gasteiger charge is -2.07. The number of fused-ring (bicyclic) bond motifs is 2. The van der Waals surface area contributed by atoms with Crippen molar-refractivity contribution in [1.82, 2.24) is 19.8 Å². The molecule has 0 atom stereocenters. The van der Waals surface area contributed by atoms with E-state index in [1.165, 1.54) is 22.2 Å². The predicted molar refractivity (Wildman–Crippen MR) is 101 cm³/mol. The Balaban J connectivity index is 1.61. The molecule has 2 aromatic heterocycles. The number of aryl methyl sites for hydroxylation is 1. The minimum Gasteiger partial charge on any atom is -0.318 e. The van der Waals surface area contributed by atoms with Gasteiger partial charge in [-0.05, 0) is 24.3 Å². The Hall–Kier alpha value is -3.26. The van der Waals surface area contributed by atoms with Crippen LogP contribution in [0.2, 0.25) is 0 Å². The summed E-state index contributed by atoms with van der Waals surface area (Å²) in [7, 11) is 1.90. The first kappa shape index (κ1) is 16.2. The van der Waals surface area contributed by atoms with Crippen LogP contribution in [0.25, 0.3) is 21.1 Å². The first-order valence-corrected chi connectivity index (χ1v) is 8.77. The van der Waals surface area contributed by atoms with Gasteiger partial charge in [0, 0.05) is 12.4 Å². The maximum atomic E-state index is 12.3. The molecule has 0 saturated heterocycles. The van der Waals surface area contributed by atoms with E-state index in [0.717, 1.165) is 10.2 Å². The highest BCUT2D eigenvalue weighted by Crippen LogP contribution is 2.14. The Labute approximate surface area is 151 Å². The van der Waals surface area contributed by atoms with Crippen molar-refractivity contribution >= 4 is 38.4 Å². The molecule has 0 bridgehead atoms. The topological polar surface area (TPSA) is 81.3 Å². The number of thiazole rings is 1. The molecule has 2 heterocycles. The van der Waals surface area contributed by atoms with Gasteiger partial charge in [0.25, 0.3) is 5.91 Å². The van der Waals surface area contributed by atoms with E-state index >= 15 is 0 Å². The zero-order valence-corrected chi connectivity index (χ0v) is 14.7. The van der Waals surface area contributed by atoms with Crippen LogP contribution >= 0.6 is 11.3 Å². The summed E-state index contributed by atoms with van der Waals surface area (Å²) >= 11 is 1.49. The predicted octanol–water partition coefficient (Wildman–Crippen LogP) is 1.58. The number of hydrogen-bond acceptors (Lipinski definition) is 5. The fourth-order valence-electron chi connectivity index (χ4n) is 2.76. The van der Waals surface area contributed by atoms with Crippen molar-refractivity contribution in [3.63, 3.8) is 0 Å². The van der Waals surface area contributed by atoms with E-state index in [1.54, 1.807) is 24.3 Å². The smallest absolute Gasteiger partial charge is 0.261 e. The number of carbonyl (C=O) groups excluding carboxylic acids is 1. The second kappa shape index (κ2) is 6.57. The number of amides is 1. The standard InChI is InChI=1S/C18H15N5O2S/c1-22-14-8-4-5-9-16(14)26-18(22)21-20-17(25)11-23-13-7-3-2-6-12(13)15(24)10-19-23/h2-10H,11H2,1H3,(H,20,25)/b21-18+. The maximum Gasteiger partial charge on any atom is 0.261 e. The van der Waals surface area contributed by atoms with Gasteiger partial charge in [-0.1, -0.05) is 35.6 Å². The van der Waals surface area contributed by atoms with Gasteiger partial charge in [0.1, 0.15) is 6.54 Å². The van der Waals surface area contributed by atoms with Crippen LogP contribution in [0.4, 0.5) is 0 Å². The summed E-state index contributed by atoms with van der Waals surface area (Å²) in [6.07, 6.45) is 1.22. The van der Waals surface area contributed by atoms with Gasteiger partial charge in [-0.25, -0.2) is 5.43 Å². The third kappa shape index (κ3) is 2.91. The first-order chi connectivity index (χ1) is 12.6. The Kier molecular flexibility index (Phi) is 4.10. The summed E-state index contributed by atoms with van der Waals surface area (Å²) in [4.78, 5) is 24.8. The van der Waals surface area contributed by atoms with Crippen LogP contribution in [0.3, 0.4) is 0 Å². The van der Waals surface area contributed by atoms with Crippen LogP contribution < -0.4 is 15.7 Å². The van der Waals surface area contributed by atoms with Crippen molar-refractivity contribution in [2.45, 2.75) is 6.54 Å². The second-order valence-electron chi connectivity index (χ2n) is 5.74. The number of para-hydroxylation sites is 2. The van der Waals surface area contributed by atoms with Crippen LogP contribution in [0.15, 0.2) is 64.6 Å². The molecule has 0 saturated carbocycles. The molecule has 1 amide bonds. The summed E-state index contributed by atoms with van der Waals surface area (Å²) in [6.45, 7) is -0.0289. The summed E-state index contributed by atoms with van der Waals surface area (Å²) in [5.41, 5.74) is 4.07. The summed E-state index contributed by atoms with van der Waals surface area (Å²) in [5.74, 6) is -0.316. The monoisotopic (exact) mass is 365 g/mol. The maximum absolute atomic E-state index is 12.3. The highest BCUT2D eigenvalue weighted by molar-refractivity contribution is 7.16. The van der Waals surface area contributed by atoms with Gasteiger partial charge in [-0.15, -0.1) is 5.10 Å². The average molecular weight is 365 g/mol. The Morgan fingerprint density at radius 3 is 2.69 bits per heavy atom. The molecule has 2 aromatic carbocycles. The highest BCUT2D eigenvalue weighted by atomic mass is 32.1. The van der Waals surface area contributed by atoms with Gasteiger partial charge in [0.05, 0.1) is 21.9 Å². The minimum atomic E-state index is -0.316. The van der Waals surface area contributed by atoms with E-state index in [9.17, 15) is 9.59 Å². The minimum absolute atomic E-state index is 0.0289. The lowest BCUT2D eigenvalue weighted by molar-refractivity contribution is -0.121. The third-order valence-electron chi connectivity index (χ3n) is 4.05. The molecule has 4 aromatic rings. The third-order valence-corrected chi connectivity index (χ3v) is 5.16. The molecule has 0 radical (unpaired) electrons. The lowest BCUT2D eigenvalue weighted by atomic mass is 10.2. The van der Waals surface area contributed by atoms with Gasteiger partial charge in [-0.2, -0.15) is 5.10 Å². The number of hydrogen-bond donors (Lipinski definition) is 1. The molecule has 4 rings (SSSR count). The zero-order chi connectivity index (χ0) is 18.1. The van der Waals surface area contributed by atoms with E-state index in [0.29, 0.717) is 15.7 Å². The van der Waals surface area contributed by atoms with Crippen molar-refractivity contribution < 1.29 is 4.79 Å². The van der Waals surface area contributed by atoms with Gasteiger partial charge in [0.2, 0.25) is 10.2 Å². The van der Waals surface area contributed by atoms with E-state index < -0.39 is 0 Å². The van der Waals surface area contributed by atoms with Crippen LogP contribution in [-0.4, -0.2) is 20.3 Å².